The molecule has 0 unspecified atom stereocenters. The largest absolute Gasteiger partial charge is 0.493 e. The maximum absolute atomic E-state index is 13.8. The van der Waals surface area contributed by atoms with E-state index in [1.807, 2.05) is 98.2 Å². The van der Waals surface area contributed by atoms with E-state index in [1.54, 1.807) is 19.1 Å². The van der Waals surface area contributed by atoms with Crippen LogP contribution in [0.1, 0.15) is 35.8 Å². The summed E-state index contributed by atoms with van der Waals surface area (Å²) < 4.78 is 12.9. The Morgan fingerprint density at radius 1 is 1.02 bits per heavy atom. The van der Waals surface area contributed by atoms with Gasteiger partial charge in [0, 0.05) is 17.2 Å². The molecular weight excluding hydrogens is 536 g/mol. The smallest absolute Gasteiger partial charge is 0.240 e. The Labute approximate surface area is 244 Å². The van der Waals surface area contributed by atoms with Gasteiger partial charge in [0.2, 0.25) is 11.8 Å². The van der Waals surface area contributed by atoms with Crippen LogP contribution in [-0.4, -0.2) is 54.2 Å². The highest BCUT2D eigenvalue weighted by atomic mass is 32.2. The molecule has 212 valence electrons. The van der Waals surface area contributed by atoms with Gasteiger partial charge in [-0.05, 0) is 56.2 Å². The molecule has 4 aromatic rings. The fourth-order valence-corrected chi connectivity index (χ4v) is 6.25. The predicted molar refractivity (Wildman–Crippen MR) is 163 cm³/mol. The van der Waals surface area contributed by atoms with E-state index in [0.29, 0.717) is 17.3 Å². The van der Waals surface area contributed by atoms with Gasteiger partial charge in [0.05, 0.1) is 36.6 Å². The lowest BCUT2D eigenvalue weighted by Gasteiger charge is -2.24. The number of benzene rings is 3. The fraction of sp³-hybridized carbons (Fsp3) is 0.281. The summed E-state index contributed by atoms with van der Waals surface area (Å²) in [7, 11) is 3.21. The minimum atomic E-state index is -0.277. The third kappa shape index (κ3) is 5.81. The van der Waals surface area contributed by atoms with E-state index in [2.05, 4.69) is 5.32 Å². The molecule has 5 rings (SSSR count). The third-order valence-corrected chi connectivity index (χ3v) is 8.10. The van der Waals surface area contributed by atoms with E-state index in [-0.39, 0.29) is 35.4 Å². The average Bonchev–Trinajstić information content (AvgIpc) is 3.29. The number of ether oxygens (including phenoxy) is 2. The van der Waals surface area contributed by atoms with Crippen molar-refractivity contribution in [2.75, 3.05) is 31.4 Å². The highest BCUT2D eigenvalue weighted by molar-refractivity contribution is 8.00. The summed E-state index contributed by atoms with van der Waals surface area (Å²) >= 11 is 1.51. The average molecular weight is 571 g/mol. The van der Waals surface area contributed by atoms with Crippen molar-refractivity contribution in [1.29, 1.82) is 0 Å². The topological polar surface area (TPSA) is 85.7 Å². The van der Waals surface area contributed by atoms with Gasteiger partial charge in [-0.3, -0.25) is 14.5 Å². The maximum Gasteiger partial charge on any atom is 0.240 e. The van der Waals surface area contributed by atoms with E-state index in [0.717, 1.165) is 33.6 Å². The lowest BCUT2D eigenvalue weighted by molar-refractivity contribution is -0.123. The molecule has 8 nitrogen and oxygen atoms in total. The summed E-state index contributed by atoms with van der Waals surface area (Å²) in [6, 6.07) is 23.7. The first-order valence-corrected chi connectivity index (χ1v) is 14.5. The summed E-state index contributed by atoms with van der Waals surface area (Å²) in [6.07, 6.45) is 0. The minimum absolute atomic E-state index is 0.0560. The number of aromatic nitrogens is 2. The van der Waals surface area contributed by atoms with Crippen molar-refractivity contribution >= 4 is 29.4 Å². The number of anilines is 1. The van der Waals surface area contributed by atoms with E-state index >= 15 is 0 Å². The third-order valence-electron chi connectivity index (χ3n) is 6.84. The summed E-state index contributed by atoms with van der Waals surface area (Å²) in [5.41, 5.74) is 5.33. The number of hydrogen-bond acceptors (Lipinski definition) is 6. The lowest BCUT2D eigenvalue weighted by Crippen LogP contribution is -2.44. The first-order valence-electron chi connectivity index (χ1n) is 13.5. The molecule has 0 saturated carbocycles. The van der Waals surface area contributed by atoms with Crippen molar-refractivity contribution < 1.29 is 19.1 Å². The number of aryl methyl sites for hydroxylation is 1. The van der Waals surface area contributed by atoms with Crippen LogP contribution in [0.4, 0.5) is 5.82 Å². The van der Waals surface area contributed by atoms with Gasteiger partial charge in [-0.1, -0.05) is 48.5 Å². The van der Waals surface area contributed by atoms with Crippen molar-refractivity contribution in [1.82, 2.24) is 15.1 Å². The van der Waals surface area contributed by atoms with Crippen LogP contribution in [-0.2, 0) is 9.59 Å². The molecule has 1 aliphatic heterocycles. The zero-order valence-corrected chi connectivity index (χ0v) is 24.7. The molecule has 0 aliphatic carbocycles. The molecule has 1 atom stereocenters. The number of carbonyl (C=O) groups excluding carboxylic acids is 2. The van der Waals surface area contributed by atoms with Gasteiger partial charge >= 0.3 is 0 Å². The molecule has 3 aromatic carbocycles. The summed E-state index contributed by atoms with van der Waals surface area (Å²) in [4.78, 5) is 28.5. The number of methoxy groups -OCH3 is 2. The number of hydrogen-bond donors (Lipinski definition) is 1. The summed E-state index contributed by atoms with van der Waals surface area (Å²) in [5, 5.41) is 7.80. The Balaban J connectivity index is 1.81. The van der Waals surface area contributed by atoms with Crippen LogP contribution < -0.4 is 19.7 Å². The monoisotopic (exact) mass is 570 g/mol. The number of fused-ring (bicyclic) bond motifs is 1. The molecule has 41 heavy (non-hydrogen) atoms. The molecule has 1 N–H and O–H groups in total. The van der Waals surface area contributed by atoms with Crippen molar-refractivity contribution in [2.45, 2.75) is 32.1 Å². The molecule has 0 bridgehead atoms. The Bertz CT molecular complexity index is 1570. The van der Waals surface area contributed by atoms with Gasteiger partial charge in [0.1, 0.15) is 12.4 Å². The Kier molecular flexibility index (Phi) is 8.35. The lowest BCUT2D eigenvalue weighted by atomic mass is 9.99. The second kappa shape index (κ2) is 12.1. The first kappa shape index (κ1) is 28.3. The SMILES string of the molecule is COc1ccc([C@@H]2SCC(=O)N(CC(=O)NC(C)C)c3c2c(-c2ccccc2)nn3-c2cccc(C)c2)cc1OC. The normalized spacial score (nSPS) is 14.9. The second-order valence-corrected chi connectivity index (χ2v) is 11.3. The quantitative estimate of drug-likeness (QED) is 0.299. The zero-order valence-electron chi connectivity index (χ0n) is 23.9. The molecule has 2 heterocycles. The van der Waals surface area contributed by atoms with E-state index in [9.17, 15) is 9.59 Å². The molecule has 0 radical (unpaired) electrons. The maximum atomic E-state index is 13.8. The van der Waals surface area contributed by atoms with Gasteiger partial charge in [0.25, 0.3) is 0 Å². The number of amides is 2. The Morgan fingerprint density at radius 2 is 1.78 bits per heavy atom. The Hall–Kier alpha value is -4.24. The van der Waals surface area contributed by atoms with E-state index < -0.39 is 0 Å². The van der Waals surface area contributed by atoms with Crippen LogP contribution in [0.5, 0.6) is 11.5 Å². The van der Waals surface area contributed by atoms with Crippen molar-refractivity contribution in [3.63, 3.8) is 0 Å². The predicted octanol–water partition coefficient (Wildman–Crippen LogP) is 5.56. The minimum Gasteiger partial charge on any atom is -0.493 e. The Morgan fingerprint density at radius 3 is 2.46 bits per heavy atom. The molecule has 1 aromatic heterocycles. The number of carbonyl (C=O) groups is 2. The molecule has 0 saturated heterocycles. The van der Waals surface area contributed by atoms with Gasteiger partial charge < -0.3 is 14.8 Å². The fourth-order valence-electron chi connectivity index (χ4n) is 5.06. The molecule has 9 heteroatoms. The second-order valence-electron chi connectivity index (χ2n) is 10.2. The molecule has 0 spiro atoms. The number of nitrogens with zero attached hydrogens (tertiary/aromatic N) is 3. The molecule has 1 aliphatic rings. The number of nitrogens with one attached hydrogen (secondary N) is 1. The van der Waals surface area contributed by atoms with Gasteiger partial charge in [0.15, 0.2) is 11.5 Å². The van der Waals surface area contributed by atoms with Crippen LogP contribution in [0.3, 0.4) is 0 Å². The van der Waals surface area contributed by atoms with Gasteiger partial charge in [-0.15, -0.1) is 11.8 Å². The van der Waals surface area contributed by atoms with Crippen molar-refractivity contribution in [2.24, 2.45) is 0 Å². The summed E-state index contributed by atoms with van der Waals surface area (Å²) in [6.45, 7) is 5.71. The van der Waals surface area contributed by atoms with Crippen LogP contribution in [0.2, 0.25) is 0 Å². The molecule has 0 fully saturated rings. The van der Waals surface area contributed by atoms with E-state index in [4.69, 9.17) is 14.6 Å². The van der Waals surface area contributed by atoms with Crippen LogP contribution in [0.25, 0.3) is 16.9 Å². The van der Waals surface area contributed by atoms with Crippen molar-refractivity contribution in [3.8, 4) is 28.4 Å². The zero-order chi connectivity index (χ0) is 29.1. The van der Waals surface area contributed by atoms with Crippen LogP contribution >= 0.6 is 11.8 Å². The van der Waals surface area contributed by atoms with Crippen molar-refractivity contribution in [3.05, 3.63) is 89.5 Å². The van der Waals surface area contributed by atoms with Gasteiger partial charge in [-0.25, -0.2) is 4.68 Å². The number of rotatable bonds is 8. The highest BCUT2D eigenvalue weighted by Crippen LogP contribution is 2.49. The van der Waals surface area contributed by atoms with Crippen LogP contribution in [0, 0.1) is 6.92 Å². The van der Waals surface area contributed by atoms with Gasteiger partial charge in [-0.2, -0.15) is 5.10 Å². The summed E-state index contributed by atoms with van der Waals surface area (Å²) in [5.74, 6) is 1.60. The molecule has 2 amide bonds. The molecular formula is C32H34N4O4S. The standard InChI is InChI=1S/C32H34N4O4S/c1-20(2)33-27(37)18-35-28(38)19-41-31(23-14-15-25(39-4)26(17-23)40-5)29-30(22-11-7-6-8-12-22)34-36(32(29)35)24-13-9-10-21(3)16-24/h6-17,20,31H,18-19H2,1-5H3,(H,33,37)/t31-/m0/s1. The number of thioether (sulfide) groups is 1. The van der Waals surface area contributed by atoms with E-state index in [1.165, 1.54) is 11.8 Å². The highest BCUT2D eigenvalue weighted by Gasteiger charge is 2.38. The first-order chi connectivity index (χ1) is 19.8. The van der Waals surface area contributed by atoms with Crippen LogP contribution in [0.15, 0.2) is 72.8 Å².